The zero-order valence-electron chi connectivity index (χ0n) is 14.1. The summed E-state index contributed by atoms with van der Waals surface area (Å²) >= 11 is 0. The molecule has 21 heavy (non-hydrogen) atoms. The van der Waals surface area contributed by atoms with Gasteiger partial charge in [0.25, 0.3) is 11.8 Å². The highest BCUT2D eigenvalue weighted by atomic mass is 16.2. The van der Waals surface area contributed by atoms with Crippen LogP contribution in [0.1, 0.15) is 47.5 Å². The number of imide groups is 1. The third-order valence-electron chi connectivity index (χ3n) is 3.24. The Morgan fingerprint density at radius 1 is 1.14 bits per heavy atom. The van der Waals surface area contributed by atoms with Crippen LogP contribution < -0.4 is 0 Å². The molecule has 0 aromatic rings. The summed E-state index contributed by atoms with van der Waals surface area (Å²) < 4.78 is 0. The molecule has 3 nitrogen and oxygen atoms in total. The minimum absolute atomic E-state index is 0.213. The van der Waals surface area contributed by atoms with E-state index in [4.69, 9.17) is 0 Å². The van der Waals surface area contributed by atoms with Crippen LogP contribution in [0.5, 0.6) is 0 Å². The van der Waals surface area contributed by atoms with Gasteiger partial charge in [0.2, 0.25) is 0 Å². The summed E-state index contributed by atoms with van der Waals surface area (Å²) in [5.74, 6) is -0.479. The molecular formula is C18H27NO2. The largest absolute Gasteiger partial charge is 0.277 e. The molecule has 3 heteroatoms. The summed E-state index contributed by atoms with van der Waals surface area (Å²) in [5, 5.41) is 0. The average Bonchev–Trinajstić information content (AvgIpc) is 2.56. The molecular weight excluding hydrogens is 262 g/mol. The fraction of sp³-hybridized carbons (Fsp3) is 0.444. The molecule has 0 saturated heterocycles. The van der Waals surface area contributed by atoms with Gasteiger partial charge in [0.15, 0.2) is 0 Å². The van der Waals surface area contributed by atoms with Gasteiger partial charge in [-0.3, -0.25) is 14.5 Å². The lowest BCUT2D eigenvalue weighted by atomic mass is 9.82. The fourth-order valence-electron chi connectivity index (χ4n) is 2.32. The van der Waals surface area contributed by atoms with E-state index < -0.39 is 0 Å². The minimum atomic E-state index is -0.265. The molecule has 0 radical (unpaired) electrons. The Bertz CT molecular complexity index is 507. The normalized spacial score (nSPS) is 19.0. The first kappa shape index (κ1) is 19.1. The van der Waals surface area contributed by atoms with Crippen LogP contribution in [0.3, 0.4) is 0 Å². The zero-order valence-corrected chi connectivity index (χ0v) is 14.1. The molecule has 0 atom stereocenters. The van der Waals surface area contributed by atoms with Crippen LogP contribution in [0, 0.1) is 0 Å². The maximum atomic E-state index is 12.0. The number of carbonyl (C=O) groups is 2. The van der Waals surface area contributed by atoms with Gasteiger partial charge in [-0.05, 0) is 25.3 Å². The van der Waals surface area contributed by atoms with Crippen LogP contribution >= 0.6 is 0 Å². The number of rotatable bonds is 1. The van der Waals surface area contributed by atoms with Crippen molar-refractivity contribution < 1.29 is 9.59 Å². The number of nitrogens with zero attached hydrogens (tertiary/aromatic N) is 1. The van der Waals surface area contributed by atoms with E-state index in [1.807, 2.05) is 46.8 Å². The van der Waals surface area contributed by atoms with Gasteiger partial charge >= 0.3 is 0 Å². The van der Waals surface area contributed by atoms with Crippen LogP contribution in [-0.2, 0) is 9.59 Å². The van der Waals surface area contributed by atoms with Crippen LogP contribution in [0.25, 0.3) is 0 Å². The van der Waals surface area contributed by atoms with Crippen LogP contribution in [0.15, 0.2) is 47.1 Å². The molecule has 0 unspecified atom stereocenters. The Morgan fingerprint density at radius 3 is 2.19 bits per heavy atom. The molecule has 0 fully saturated rings. The number of allylic oxidation sites excluding steroid dienone is 3. The van der Waals surface area contributed by atoms with Crippen LogP contribution in [0.2, 0.25) is 0 Å². The molecule has 1 aliphatic carbocycles. The number of hydrogen-bond donors (Lipinski definition) is 0. The first-order valence-corrected chi connectivity index (χ1v) is 7.67. The molecule has 116 valence electrons. The lowest BCUT2D eigenvalue weighted by Gasteiger charge is -2.30. The van der Waals surface area contributed by atoms with Crippen molar-refractivity contribution >= 4 is 11.8 Å². The Labute approximate surface area is 128 Å². The smallest absolute Gasteiger partial charge is 0.261 e. The van der Waals surface area contributed by atoms with Gasteiger partial charge in [-0.15, -0.1) is 0 Å². The van der Waals surface area contributed by atoms with Crippen molar-refractivity contribution in [2.24, 2.45) is 0 Å². The van der Waals surface area contributed by atoms with E-state index in [1.165, 1.54) is 7.05 Å². The van der Waals surface area contributed by atoms with E-state index in [2.05, 4.69) is 6.58 Å². The summed E-state index contributed by atoms with van der Waals surface area (Å²) in [5.41, 5.74) is 3.02. The monoisotopic (exact) mass is 289 g/mol. The summed E-state index contributed by atoms with van der Waals surface area (Å²) in [7, 11) is 1.51. The van der Waals surface area contributed by atoms with Gasteiger partial charge in [-0.2, -0.15) is 0 Å². The lowest BCUT2D eigenvalue weighted by Crippen LogP contribution is -2.40. The van der Waals surface area contributed by atoms with Gasteiger partial charge in [0, 0.05) is 23.8 Å². The third-order valence-corrected chi connectivity index (χ3v) is 3.24. The molecule has 0 aromatic heterocycles. The molecule has 1 heterocycles. The Morgan fingerprint density at radius 2 is 1.71 bits per heavy atom. The number of fused-ring (bicyclic) bond motifs is 1. The zero-order chi connectivity index (χ0) is 16.6. The van der Waals surface area contributed by atoms with Crippen molar-refractivity contribution in [3.8, 4) is 0 Å². The van der Waals surface area contributed by atoms with Gasteiger partial charge in [-0.25, -0.2) is 0 Å². The van der Waals surface area contributed by atoms with E-state index in [0.717, 1.165) is 28.9 Å². The highest BCUT2D eigenvalue weighted by Gasteiger charge is 2.35. The van der Waals surface area contributed by atoms with E-state index in [-0.39, 0.29) is 11.8 Å². The fourth-order valence-corrected chi connectivity index (χ4v) is 2.32. The van der Waals surface area contributed by atoms with E-state index in [9.17, 15) is 9.59 Å². The number of amides is 2. The molecule has 2 aliphatic rings. The Hall–Kier alpha value is -1.90. The molecule has 2 amide bonds. The molecule has 0 spiro atoms. The topological polar surface area (TPSA) is 37.4 Å². The predicted molar refractivity (Wildman–Crippen MR) is 88.8 cm³/mol. The third kappa shape index (κ3) is 3.60. The molecule has 0 N–H and O–H groups in total. The molecule has 1 aliphatic heterocycles. The highest BCUT2D eigenvalue weighted by Crippen LogP contribution is 2.36. The van der Waals surface area contributed by atoms with Crippen molar-refractivity contribution in [1.29, 1.82) is 0 Å². The SMILES string of the molecule is C=CC1=C2C(=CCC/C2=C/C)C(=O)N(C)C1=O.CC.CC. The number of likely N-dealkylation sites (N-methyl/N-ethyl adjacent to an activating group) is 1. The van der Waals surface area contributed by atoms with Gasteiger partial charge in [0.05, 0.1) is 0 Å². The summed E-state index contributed by atoms with van der Waals surface area (Å²) in [4.78, 5) is 25.2. The summed E-state index contributed by atoms with van der Waals surface area (Å²) in [6, 6.07) is 0. The van der Waals surface area contributed by atoms with Gasteiger partial charge in [-0.1, -0.05) is 52.5 Å². The van der Waals surface area contributed by atoms with Gasteiger partial charge < -0.3 is 0 Å². The second-order valence-electron chi connectivity index (χ2n) is 4.13. The number of carbonyl (C=O) groups excluding carboxylic acids is 2. The first-order chi connectivity index (χ1) is 10.1. The first-order valence-electron chi connectivity index (χ1n) is 7.67. The maximum absolute atomic E-state index is 12.0. The van der Waals surface area contributed by atoms with Crippen LogP contribution in [-0.4, -0.2) is 23.8 Å². The van der Waals surface area contributed by atoms with Crippen molar-refractivity contribution in [2.45, 2.75) is 47.5 Å². The predicted octanol–water partition coefficient (Wildman–Crippen LogP) is 4.19. The Kier molecular flexibility index (Phi) is 8.29. The maximum Gasteiger partial charge on any atom is 0.261 e. The molecule has 0 bridgehead atoms. The Balaban J connectivity index is 0.000000921. The lowest BCUT2D eigenvalue weighted by molar-refractivity contribution is -0.138. The quantitative estimate of drug-likeness (QED) is 0.679. The van der Waals surface area contributed by atoms with Crippen molar-refractivity contribution in [2.75, 3.05) is 7.05 Å². The van der Waals surface area contributed by atoms with E-state index >= 15 is 0 Å². The second kappa shape index (κ2) is 9.11. The van der Waals surface area contributed by atoms with Gasteiger partial charge in [0.1, 0.15) is 0 Å². The standard InChI is InChI=1S/C14H15NO2.2C2H6/c1-4-9-7-6-8-11-12(9)10(5-2)13(16)15(3)14(11)17;2*1-2/h4-5,8H,2,6-7H2,1,3H3;2*1-2H3/b9-4-;;. The average molecular weight is 289 g/mol. The summed E-state index contributed by atoms with van der Waals surface area (Å²) in [6.45, 7) is 13.6. The molecule has 0 aromatic carbocycles. The van der Waals surface area contributed by atoms with E-state index in [1.54, 1.807) is 6.08 Å². The number of hydrogen-bond acceptors (Lipinski definition) is 2. The van der Waals surface area contributed by atoms with Crippen LogP contribution in [0.4, 0.5) is 0 Å². The van der Waals surface area contributed by atoms with E-state index in [0.29, 0.717) is 11.1 Å². The minimum Gasteiger partial charge on any atom is -0.277 e. The highest BCUT2D eigenvalue weighted by molar-refractivity contribution is 6.18. The molecule has 0 saturated carbocycles. The van der Waals surface area contributed by atoms with Crippen molar-refractivity contribution in [3.05, 3.63) is 47.1 Å². The van der Waals surface area contributed by atoms with Crippen molar-refractivity contribution in [3.63, 3.8) is 0 Å². The molecule has 2 rings (SSSR count). The summed E-state index contributed by atoms with van der Waals surface area (Å²) in [6.07, 6.45) is 7.14. The second-order valence-corrected chi connectivity index (χ2v) is 4.13. The van der Waals surface area contributed by atoms with Crippen molar-refractivity contribution in [1.82, 2.24) is 4.90 Å².